The van der Waals surface area contributed by atoms with Crippen molar-refractivity contribution >= 4 is 29.5 Å². The monoisotopic (exact) mass is 176 g/mol. The fraction of sp³-hybridized carbons (Fsp3) is 0.286. The first-order chi connectivity index (χ1) is 4.74. The Balaban J connectivity index is 2.73. The van der Waals surface area contributed by atoms with Gasteiger partial charge in [-0.1, -0.05) is 29.3 Å². The van der Waals surface area contributed by atoms with E-state index in [1.165, 1.54) is 0 Å². The minimum absolute atomic E-state index is 0.0880. The SMILES string of the molecule is O=CC1C=CC(Cl)=C(Cl)C1. The van der Waals surface area contributed by atoms with Crippen molar-refractivity contribution in [3.8, 4) is 0 Å². The molecule has 0 spiro atoms. The van der Waals surface area contributed by atoms with E-state index in [0.29, 0.717) is 16.5 Å². The normalized spacial score (nSPS) is 25.2. The molecule has 0 saturated heterocycles. The second-order valence-corrected chi connectivity index (χ2v) is 2.98. The molecule has 0 fully saturated rings. The third-order valence-corrected chi connectivity index (χ3v) is 2.15. The number of hydrogen-bond acceptors (Lipinski definition) is 1. The molecule has 0 N–H and O–H groups in total. The van der Waals surface area contributed by atoms with Crippen LogP contribution >= 0.6 is 23.2 Å². The minimum atomic E-state index is -0.0880. The number of carbonyl (C=O) groups is 1. The number of allylic oxidation sites excluding steroid dienone is 4. The Labute approximate surface area is 69.3 Å². The summed E-state index contributed by atoms with van der Waals surface area (Å²) in [4.78, 5) is 10.2. The van der Waals surface area contributed by atoms with Crippen molar-refractivity contribution in [2.24, 2.45) is 5.92 Å². The van der Waals surface area contributed by atoms with Gasteiger partial charge in [-0.25, -0.2) is 0 Å². The molecule has 0 bridgehead atoms. The Kier molecular flexibility index (Phi) is 2.52. The van der Waals surface area contributed by atoms with Crippen molar-refractivity contribution in [2.75, 3.05) is 0 Å². The van der Waals surface area contributed by atoms with Gasteiger partial charge in [0.15, 0.2) is 0 Å². The molecule has 0 aliphatic heterocycles. The molecule has 1 rings (SSSR count). The fourth-order valence-electron chi connectivity index (χ4n) is 0.764. The Hall–Kier alpha value is -0.270. The third-order valence-electron chi connectivity index (χ3n) is 1.34. The minimum Gasteiger partial charge on any atom is -0.303 e. The Bertz CT molecular complexity index is 206. The summed E-state index contributed by atoms with van der Waals surface area (Å²) in [6.07, 6.45) is 4.82. The summed E-state index contributed by atoms with van der Waals surface area (Å²) in [5.74, 6) is -0.0880. The van der Waals surface area contributed by atoms with E-state index in [0.717, 1.165) is 6.29 Å². The van der Waals surface area contributed by atoms with Crippen molar-refractivity contribution in [1.82, 2.24) is 0 Å². The highest BCUT2D eigenvalue weighted by Gasteiger charge is 2.12. The van der Waals surface area contributed by atoms with Crippen molar-refractivity contribution in [1.29, 1.82) is 0 Å². The van der Waals surface area contributed by atoms with Crippen LogP contribution in [0.25, 0.3) is 0 Å². The first kappa shape index (κ1) is 7.83. The lowest BCUT2D eigenvalue weighted by atomic mass is 10.0. The summed E-state index contributed by atoms with van der Waals surface area (Å²) in [5.41, 5.74) is 0. The van der Waals surface area contributed by atoms with Gasteiger partial charge in [0.25, 0.3) is 0 Å². The topological polar surface area (TPSA) is 17.1 Å². The highest BCUT2D eigenvalue weighted by molar-refractivity contribution is 6.40. The summed E-state index contributed by atoms with van der Waals surface area (Å²) in [7, 11) is 0. The van der Waals surface area contributed by atoms with Crippen LogP contribution in [-0.2, 0) is 4.79 Å². The number of rotatable bonds is 1. The number of aldehydes is 1. The molecule has 10 heavy (non-hydrogen) atoms. The molecule has 0 aromatic heterocycles. The number of hydrogen-bond donors (Lipinski definition) is 0. The fourth-order valence-corrected chi connectivity index (χ4v) is 1.16. The van der Waals surface area contributed by atoms with Crippen LogP contribution < -0.4 is 0 Å². The van der Waals surface area contributed by atoms with Gasteiger partial charge in [-0.2, -0.15) is 0 Å². The molecule has 1 nitrogen and oxygen atoms in total. The predicted molar refractivity (Wildman–Crippen MR) is 42.0 cm³/mol. The van der Waals surface area contributed by atoms with Crippen molar-refractivity contribution < 1.29 is 4.79 Å². The van der Waals surface area contributed by atoms with Gasteiger partial charge in [-0.15, -0.1) is 0 Å². The van der Waals surface area contributed by atoms with E-state index < -0.39 is 0 Å². The summed E-state index contributed by atoms with van der Waals surface area (Å²) in [6.45, 7) is 0. The molecule has 1 aliphatic rings. The van der Waals surface area contributed by atoms with Gasteiger partial charge < -0.3 is 4.79 Å². The molecule has 0 radical (unpaired) electrons. The van der Waals surface area contributed by atoms with Crippen molar-refractivity contribution in [2.45, 2.75) is 6.42 Å². The van der Waals surface area contributed by atoms with Crippen LogP contribution in [0.2, 0.25) is 0 Å². The molecule has 0 amide bonds. The summed E-state index contributed by atoms with van der Waals surface area (Å²) in [5, 5.41) is 1.11. The average molecular weight is 177 g/mol. The molecule has 0 saturated carbocycles. The van der Waals surface area contributed by atoms with Gasteiger partial charge >= 0.3 is 0 Å². The summed E-state index contributed by atoms with van der Waals surface area (Å²) < 4.78 is 0. The zero-order valence-electron chi connectivity index (χ0n) is 5.18. The van der Waals surface area contributed by atoms with Gasteiger partial charge in [0.1, 0.15) is 6.29 Å². The largest absolute Gasteiger partial charge is 0.303 e. The van der Waals surface area contributed by atoms with E-state index in [2.05, 4.69) is 0 Å². The van der Waals surface area contributed by atoms with Gasteiger partial charge in [-0.3, -0.25) is 0 Å². The van der Waals surface area contributed by atoms with Gasteiger partial charge in [0.05, 0.1) is 5.03 Å². The van der Waals surface area contributed by atoms with Crippen molar-refractivity contribution in [3.05, 3.63) is 22.2 Å². The van der Waals surface area contributed by atoms with Gasteiger partial charge in [0, 0.05) is 11.0 Å². The van der Waals surface area contributed by atoms with Crippen molar-refractivity contribution in [3.63, 3.8) is 0 Å². The molecule has 3 heteroatoms. The maximum Gasteiger partial charge on any atom is 0.127 e. The van der Waals surface area contributed by atoms with Crippen LogP contribution in [0, 0.1) is 5.92 Å². The zero-order valence-corrected chi connectivity index (χ0v) is 6.69. The van der Waals surface area contributed by atoms with Crippen LogP contribution in [0.3, 0.4) is 0 Å². The molecule has 1 aliphatic carbocycles. The van der Waals surface area contributed by atoms with Crippen LogP contribution in [0.5, 0.6) is 0 Å². The number of halogens is 2. The molecule has 54 valence electrons. The highest BCUT2D eigenvalue weighted by Crippen LogP contribution is 2.27. The third kappa shape index (κ3) is 1.61. The standard InChI is InChI=1S/C7H6Cl2O/c8-6-2-1-5(4-10)3-7(6)9/h1-2,4-5H,3H2. The van der Waals surface area contributed by atoms with Crippen LogP contribution in [-0.4, -0.2) is 6.29 Å². The molecular weight excluding hydrogens is 171 g/mol. The zero-order chi connectivity index (χ0) is 7.56. The van der Waals surface area contributed by atoms with E-state index in [4.69, 9.17) is 23.2 Å². The Morgan fingerprint density at radius 1 is 1.60 bits per heavy atom. The van der Waals surface area contributed by atoms with Crippen LogP contribution in [0.1, 0.15) is 6.42 Å². The van der Waals surface area contributed by atoms with Gasteiger partial charge in [0.2, 0.25) is 0 Å². The first-order valence-electron chi connectivity index (χ1n) is 2.91. The molecule has 0 aromatic rings. The highest BCUT2D eigenvalue weighted by atomic mass is 35.5. The van der Waals surface area contributed by atoms with E-state index in [1.807, 2.05) is 0 Å². The van der Waals surface area contributed by atoms with Crippen LogP contribution in [0.4, 0.5) is 0 Å². The second-order valence-electron chi connectivity index (χ2n) is 2.12. The lowest BCUT2D eigenvalue weighted by molar-refractivity contribution is -0.109. The number of carbonyl (C=O) groups excluding carboxylic acids is 1. The summed E-state index contributed by atoms with van der Waals surface area (Å²) >= 11 is 11.3. The molecule has 1 unspecified atom stereocenters. The second kappa shape index (κ2) is 3.22. The summed E-state index contributed by atoms with van der Waals surface area (Å²) in [6, 6.07) is 0. The van der Waals surface area contributed by atoms with E-state index in [1.54, 1.807) is 12.2 Å². The molecule has 1 atom stereocenters. The molecule has 0 aromatic carbocycles. The molecular formula is C7H6Cl2O. The predicted octanol–water partition coefficient (Wildman–Crippen LogP) is 2.45. The van der Waals surface area contributed by atoms with Crippen LogP contribution in [0.15, 0.2) is 22.2 Å². The van der Waals surface area contributed by atoms with E-state index in [-0.39, 0.29) is 5.92 Å². The van der Waals surface area contributed by atoms with Gasteiger partial charge in [-0.05, 0) is 12.5 Å². The maximum absolute atomic E-state index is 10.2. The lowest BCUT2D eigenvalue weighted by Gasteiger charge is -2.09. The van der Waals surface area contributed by atoms with E-state index >= 15 is 0 Å². The smallest absolute Gasteiger partial charge is 0.127 e. The quantitative estimate of drug-likeness (QED) is 0.562. The average Bonchev–Trinajstić information content (AvgIpc) is 1.95. The Morgan fingerprint density at radius 3 is 2.80 bits per heavy atom. The maximum atomic E-state index is 10.2. The Morgan fingerprint density at radius 2 is 2.30 bits per heavy atom. The molecule has 0 heterocycles. The first-order valence-corrected chi connectivity index (χ1v) is 3.67. The van der Waals surface area contributed by atoms with E-state index in [9.17, 15) is 4.79 Å². The lowest BCUT2D eigenvalue weighted by Crippen LogP contribution is -2.01.